The number of rotatable bonds is 2. The third kappa shape index (κ3) is 2.41. The van der Waals surface area contributed by atoms with Crippen LogP contribution in [0.4, 0.5) is 5.13 Å². The first-order valence-electron chi connectivity index (χ1n) is 6.23. The van der Waals surface area contributed by atoms with Crippen molar-refractivity contribution in [3.05, 3.63) is 35.4 Å². The van der Waals surface area contributed by atoms with E-state index >= 15 is 0 Å². The normalized spacial score (nSPS) is 16.6. The molecule has 0 bridgehead atoms. The Morgan fingerprint density at radius 3 is 2.20 bits per heavy atom. The average Bonchev–Trinajstić information content (AvgIpc) is 2.75. The highest BCUT2D eigenvalue weighted by molar-refractivity contribution is 7.91. The Balaban J connectivity index is 1.87. The summed E-state index contributed by atoms with van der Waals surface area (Å²) in [4.78, 5) is 0. The van der Waals surface area contributed by atoms with Gasteiger partial charge in [-0.3, -0.25) is 0 Å². The molecule has 0 spiro atoms. The summed E-state index contributed by atoms with van der Waals surface area (Å²) in [6.45, 7) is 0.914. The van der Waals surface area contributed by atoms with Gasteiger partial charge in [0.15, 0.2) is 0 Å². The number of nitrogens with zero attached hydrogens (tertiary/aromatic N) is 3. The maximum Gasteiger partial charge on any atom is 0.272 e. The zero-order valence-electron chi connectivity index (χ0n) is 10.7. The van der Waals surface area contributed by atoms with Gasteiger partial charge in [-0.15, -0.1) is 10.2 Å². The van der Waals surface area contributed by atoms with Gasteiger partial charge in [0.25, 0.3) is 10.0 Å². The summed E-state index contributed by atoms with van der Waals surface area (Å²) >= 11 is 0.905. The van der Waals surface area contributed by atoms with E-state index in [1.807, 2.05) is 24.3 Å². The smallest absolute Gasteiger partial charge is 0.272 e. The number of aromatic nitrogens is 2. The minimum absolute atomic E-state index is 0.0269. The van der Waals surface area contributed by atoms with Crippen molar-refractivity contribution in [2.24, 2.45) is 0 Å². The molecule has 0 amide bonds. The largest absolute Gasteiger partial charge is 0.374 e. The lowest BCUT2D eigenvalue weighted by Gasteiger charge is -2.17. The lowest BCUT2D eigenvalue weighted by atomic mass is 10.0. The molecule has 0 saturated heterocycles. The maximum atomic E-state index is 12.5. The van der Waals surface area contributed by atoms with Gasteiger partial charge in [-0.2, -0.15) is 4.31 Å². The van der Waals surface area contributed by atoms with Gasteiger partial charge in [-0.25, -0.2) is 8.42 Å². The van der Waals surface area contributed by atoms with Gasteiger partial charge in [-0.1, -0.05) is 35.6 Å². The molecule has 1 aromatic heterocycles. The fourth-order valence-corrected chi connectivity index (χ4v) is 4.69. The first-order valence-corrected chi connectivity index (χ1v) is 8.49. The van der Waals surface area contributed by atoms with Gasteiger partial charge in [0.05, 0.1) is 0 Å². The molecule has 0 atom stereocenters. The van der Waals surface area contributed by atoms with Crippen molar-refractivity contribution < 1.29 is 8.42 Å². The number of nitrogen functional groups attached to an aromatic ring is 1. The van der Waals surface area contributed by atoms with Gasteiger partial charge in [-0.05, 0) is 24.0 Å². The van der Waals surface area contributed by atoms with E-state index in [0.29, 0.717) is 25.9 Å². The monoisotopic (exact) mass is 310 g/mol. The van der Waals surface area contributed by atoms with Crippen LogP contribution < -0.4 is 5.73 Å². The van der Waals surface area contributed by atoms with Crippen LogP contribution in [-0.2, 0) is 22.9 Å². The number of fused-ring (bicyclic) bond motifs is 1. The number of anilines is 1. The SMILES string of the molecule is Nc1nnc(S(=O)(=O)N2CCc3ccccc3CC2)s1. The molecule has 1 aromatic carbocycles. The van der Waals surface area contributed by atoms with Crippen LogP contribution in [0.25, 0.3) is 0 Å². The molecule has 1 aliphatic rings. The number of nitrogens with two attached hydrogens (primary N) is 1. The van der Waals surface area contributed by atoms with E-state index in [1.165, 1.54) is 15.4 Å². The van der Waals surface area contributed by atoms with Crippen molar-refractivity contribution in [2.75, 3.05) is 18.8 Å². The zero-order chi connectivity index (χ0) is 14.2. The van der Waals surface area contributed by atoms with Crippen molar-refractivity contribution >= 4 is 26.5 Å². The highest BCUT2D eigenvalue weighted by atomic mass is 32.2. The summed E-state index contributed by atoms with van der Waals surface area (Å²) in [6, 6.07) is 8.06. The standard InChI is InChI=1S/C12H14N4O2S2/c13-11-14-15-12(19-11)20(17,18)16-7-5-9-3-1-2-4-10(9)6-8-16/h1-4H,5-8H2,(H2,13,14). The summed E-state index contributed by atoms with van der Waals surface area (Å²) in [5, 5.41) is 7.41. The molecule has 0 unspecified atom stereocenters. The molecule has 0 aliphatic carbocycles. The summed E-state index contributed by atoms with van der Waals surface area (Å²) in [6.07, 6.45) is 1.42. The quantitative estimate of drug-likeness (QED) is 0.890. The zero-order valence-corrected chi connectivity index (χ0v) is 12.3. The van der Waals surface area contributed by atoms with Crippen LogP contribution in [0, 0.1) is 0 Å². The minimum Gasteiger partial charge on any atom is -0.374 e. The molecule has 2 N–H and O–H groups in total. The third-order valence-electron chi connectivity index (χ3n) is 3.36. The fraction of sp³-hybridized carbons (Fsp3) is 0.333. The van der Waals surface area contributed by atoms with Gasteiger partial charge in [0.1, 0.15) is 0 Å². The van der Waals surface area contributed by atoms with E-state index < -0.39 is 10.0 Å². The van der Waals surface area contributed by atoms with Gasteiger partial charge >= 0.3 is 0 Å². The topological polar surface area (TPSA) is 89.2 Å². The van der Waals surface area contributed by atoms with E-state index in [4.69, 9.17) is 5.73 Å². The Labute approximate surface area is 121 Å². The predicted molar refractivity (Wildman–Crippen MR) is 76.9 cm³/mol. The number of hydrogen-bond acceptors (Lipinski definition) is 6. The van der Waals surface area contributed by atoms with E-state index in [9.17, 15) is 8.42 Å². The maximum absolute atomic E-state index is 12.5. The molecule has 0 fully saturated rings. The third-order valence-corrected chi connectivity index (χ3v) is 6.36. The molecular weight excluding hydrogens is 296 g/mol. The van der Waals surface area contributed by atoms with Crippen LogP contribution in [0.15, 0.2) is 28.6 Å². The second kappa shape index (κ2) is 5.12. The van der Waals surface area contributed by atoms with Crippen LogP contribution in [0.3, 0.4) is 0 Å². The van der Waals surface area contributed by atoms with Crippen LogP contribution in [0.5, 0.6) is 0 Å². The Hall–Kier alpha value is -1.51. The molecular formula is C12H14N4O2S2. The first kappa shape index (κ1) is 13.5. The van der Waals surface area contributed by atoms with Crippen LogP contribution >= 0.6 is 11.3 Å². The predicted octanol–water partition coefficient (Wildman–Crippen LogP) is 0.910. The van der Waals surface area contributed by atoms with Crippen molar-refractivity contribution in [1.82, 2.24) is 14.5 Å². The van der Waals surface area contributed by atoms with E-state index in [1.54, 1.807) is 0 Å². The Morgan fingerprint density at radius 1 is 1.10 bits per heavy atom. The lowest BCUT2D eigenvalue weighted by molar-refractivity contribution is 0.426. The molecule has 1 aliphatic heterocycles. The van der Waals surface area contributed by atoms with Crippen LogP contribution in [-0.4, -0.2) is 36.0 Å². The number of hydrogen-bond donors (Lipinski definition) is 1. The van der Waals surface area contributed by atoms with Gasteiger partial charge < -0.3 is 5.73 Å². The Bertz CT molecular complexity index is 700. The fourth-order valence-electron chi connectivity index (χ4n) is 2.32. The highest BCUT2D eigenvalue weighted by Crippen LogP contribution is 2.24. The van der Waals surface area contributed by atoms with E-state index in [0.717, 1.165) is 11.3 Å². The summed E-state index contributed by atoms with van der Waals surface area (Å²) in [7, 11) is -3.58. The van der Waals surface area contributed by atoms with Crippen LogP contribution in [0.1, 0.15) is 11.1 Å². The Kier molecular flexibility index (Phi) is 3.45. The van der Waals surface area contributed by atoms with E-state index in [-0.39, 0.29) is 9.47 Å². The van der Waals surface area contributed by atoms with Crippen molar-refractivity contribution in [3.63, 3.8) is 0 Å². The minimum atomic E-state index is -3.58. The number of sulfonamides is 1. The molecule has 2 aromatic rings. The van der Waals surface area contributed by atoms with Crippen LogP contribution in [0.2, 0.25) is 0 Å². The second-order valence-corrected chi connectivity index (χ2v) is 7.70. The summed E-state index contributed by atoms with van der Waals surface area (Å²) in [5.41, 5.74) is 7.89. The van der Waals surface area contributed by atoms with Crippen molar-refractivity contribution in [1.29, 1.82) is 0 Å². The second-order valence-electron chi connectivity index (χ2n) is 4.58. The highest BCUT2D eigenvalue weighted by Gasteiger charge is 2.29. The molecule has 8 heteroatoms. The molecule has 3 rings (SSSR count). The molecule has 20 heavy (non-hydrogen) atoms. The molecule has 0 saturated carbocycles. The lowest BCUT2D eigenvalue weighted by Crippen LogP contribution is -2.33. The van der Waals surface area contributed by atoms with Gasteiger partial charge in [0, 0.05) is 13.1 Å². The number of benzene rings is 1. The summed E-state index contributed by atoms with van der Waals surface area (Å²) in [5.74, 6) is 0. The molecule has 106 valence electrons. The van der Waals surface area contributed by atoms with Crippen molar-refractivity contribution in [2.45, 2.75) is 17.2 Å². The molecule has 2 heterocycles. The Morgan fingerprint density at radius 2 is 1.70 bits per heavy atom. The molecule has 6 nitrogen and oxygen atoms in total. The first-order chi connectivity index (χ1) is 9.57. The van der Waals surface area contributed by atoms with E-state index in [2.05, 4.69) is 10.2 Å². The molecule has 0 radical (unpaired) electrons. The average molecular weight is 310 g/mol. The van der Waals surface area contributed by atoms with Gasteiger partial charge in [0.2, 0.25) is 9.47 Å². The van der Waals surface area contributed by atoms with Crippen molar-refractivity contribution in [3.8, 4) is 0 Å². The summed E-state index contributed by atoms with van der Waals surface area (Å²) < 4.78 is 26.4.